The standard InChI is InChI=1S/C12H14N4O2/c17-11(15-9-10-13-5-6-14-10)4-8-16-7-2-1-3-12(16)18/h1-3,5-7H,4,8-9H2,(H,13,14)(H,15,17). The van der Waals surface area contributed by atoms with Crippen molar-refractivity contribution in [3.05, 3.63) is 53.0 Å². The lowest BCUT2D eigenvalue weighted by atomic mass is 10.3. The summed E-state index contributed by atoms with van der Waals surface area (Å²) in [6, 6.07) is 4.92. The maximum Gasteiger partial charge on any atom is 0.250 e. The van der Waals surface area contributed by atoms with E-state index in [-0.39, 0.29) is 17.9 Å². The molecular weight excluding hydrogens is 232 g/mol. The topological polar surface area (TPSA) is 79.8 Å². The monoisotopic (exact) mass is 246 g/mol. The zero-order chi connectivity index (χ0) is 12.8. The lowest BCUT2D eigenvalue weighted by molar-refractivity contribution is -0.121. The number of rotatable bonds is 5. The van der Waals surface area contributed by atoms with Crippen LogP contribution < -0.4 is 10.9 Å². The molecule has 0 spiro atoms. The Bertz CT molecular complexity index is 559. The molecule has 1 amide bonds. The van der Waals surface area contributed by atoms with Crippen molar-refractivity contribution in [1.82, 2.24) is 19.9 Å². The van der Waals surface area contributed by atoms with Crippen molar-refractivity contribution < 1.29 is 4.79 Å². The maximum atomic E-state index is 11.6. The summed E-state index contributed by atoms with van der Waals surface area (Å²) >= 11 is 0. The van der Waals surface area contributed by atoms with Gasteiger partial charge < -0.3 is 14.9 Å². The molecule has 0 saturated carbocycles. The third-order valence-corrected chi connectivity index (χ3v) is 2.49. The average molecular weight is 246 g/mol. The van der Waals surface area contributed by atoms with Crippen molar-refractivity contribution in [2.45, 2.75) is 19.5 Å². The number of carbonyl (C=O) groups is 1. The molecule has 0 aromatic carbocycles. The summed E-state index contributed by atoms with van der Waals surface area (Å²) in [5.74, 6) is 0.599. The molecule has 0 fully saturated rings. The molecule has 0 aliphatic rings. The number of H-pyrrole nitrogens is 1. The number of aromatic amines is 1. The molecule has 94 valence electrons. The minimum Gasteiger partial charge on any atom is -0.349 e. The summed E-state index contributed by atoms with van der Waals surface area (Å²) < 4.78 is 1.51. The van der Waals surface area contributed by atoms with Crippen molar-refractivity contribution in [2.24, 2.45) is 0 Å². The van der Waals surface area contributed by atoms with E-state index in [1.165, 1.54) is 10.6 Å². The minimum absolute atomic E-state index is 0.101. The molecule has 0 saturated heterocycles. The van der Waals surface area contributed by atoms with Crippen LogP contribution in [0.2, 0.25) is 0 Å². The highest BCUT2D eigenvalue weighted by molar-refractivity contribution is 5.75. The van der Waals surface area contributed by atoms with Crippen LogP contribution >= 0.6 is 0 Å². The maximum absolute atomic E-state index is 11.6. The molecule has 6 heteroatoms. The fourth-order valence-corrected chi connectivity index (χ4v) is 1.53. The number of carbonyl (C=O) groups excluding carboxylic acids is 1. The highest BCUT2D eigenvalue weighted by Crippen LogP contribution is 1.91. The van der Waals surface area contributed by atoms with E-state index < -0.39 is 0 Å². The lowest BCUT2D eigenvalue weighted by Crippen LogP contribution is -2.26. The fraction of sp³-hybridized carbons (Fsp3) is 0.250. The zero-order valence-corrected chi connectivity index (χ0v) is 9.80. The van der Waals surface area contributed by atoms with Crippen molar-refractivity contribution in [1.29, 1.82) is 0 Å². The van der Waals surface area contributed by atoms with E-state index in [0.717, 1.165) is 0 Å². The Balaban J connectivity index is 1.78. The third-order valence-electron chi connectivity index (χ3n) is 2.49. The number of hydrogen-bond donors (Lipinski definition) is 2. The highest BCUT2D eigenvalue weighted by atomic mass is 16.1. The molecule has 2 N–H and O–H groups in total. The lowest BCUT2D eigenvalue weighted by Gasteiger charge is -2.05. The molecule has 6 nitrogen and oxygen atoms in total. The molecule has 2 heterocycles. The van der Waals surface area contributed by atoms with Gasteiger partial charge in [0.1, 0.15) is 5.82 Å². The number of amides is 1. The van der Waals surface area contributed by atoms with Crippen LogP contribution in [-0.4, -0.2) is 20.4 Å². The average Bonchev–Trinajstić information content (AvgIpc) is 2.88. The number of pyridine rings is 1. The van der Waals surface area contributed by atoms with Crippen molar-refractivity contribution >= 4 is 5.91 Å². The Morgan fingerprint density at radius 2 is 2.33 bits per heavy atom. The highest BCUT2D eigenvalue weighted by Gasteiger charge is 2.03. The summed E-state index contributed by atoms with van der Waals surface area (Å²) in [5, 5.41) is 2.73. The molecule has 0 unspecified atom stereocenters. The fourth-order valence-electron chi connectivity index (χ4n) is 1.53. The number of imidazole rings is 1. The van der Waals surface area contributed by atoms with Gasteiger partial charge in [0.05, 0.1) is 6.54 Å². The molecule has 18 heavy (non-hydrogen) atoms. The van der Waals surface area contributed by atoms with E-state index in [9.17, 15) is 9.59 Å². The van der Waals surface area contributed by atoms with Gasteiger partial charge in [0.25, 0.3) is 5.56 Å². The largest absolute Gasteiger partial charge is 0.349 e. The van der Waals surface area contributed by atoms with E-state index in [0.29, 0.717) is 18.9 Å². The minimum atomic E-state index is -0.109. The number of aryl methyl sites for hydroxylation is 1. The first kappa shape index (κ1) is 12.1. The Labute approximate surface area is 104 Å². The van der Waals surface area contributed by atoms with Gasteiger partial charge in [-0.1, -0.05) is 6.07 Å². The van der Waals surface area contributed by atoms with Gasteiger partial charge in [-0.15, -0.1) is 0 Å². The van der Waals surface area contributed by atoms with E-state index in [2.05, 4.69) is 15.3 Å². The van der Waals surface area contributed by atoms with E-state index in [1.54, 1.807) is 30.7 Å². The normalized spacial score (nSPS) is 10.2. The molecule has 0 atom stereocenters. The Hall–Kier alpha value is -2.37. The van der Waals surface area contributed by atoms with Gasteiger partial charge in [-0.3, -0.25) is 9.59 Å². The van der Waals surface area contributed by atoms with Gasteiger partial charge in [-0.25, -0.2) is 4.98 Å². The summed E-state index contributed by atoms with van der Waals surface area (Å²) in [4.78, 5) is 29.8. The Morgan fingerprint density at radius 1 is 1.44 bits per heavy atom. The van der Waals surface area contributed by atoms with Gasteiger partial charge in [0.2, 0.25) is 5.91 Å². The molecule has 0 radical (unpaired) electrons. The number of nitrogens with zero attached hydrogens (tertiary/aromatic N) is 2. The van der Waals surface area contributed by atoms with Gasteiger partial charge in [0, 0.05) is 37.6 Å². The first-order valence-electron chi connectivity index (χ1n) is 5.66. The van der Waals surface area contributed by atoms with Gasteiger partial charge >= 0.3 is 0 Å². The van der Waals surface area contributed by atoms with Crippen LogP contribution in [0.25, 0.3) is 0 Å². The summed E-state index contributed by atoms with van der Waals surface area (Å²) in [6.07, 6.45) is 5.27. The van der Waals surface area contributed by atoms with Crippen LogP contribution in [-0.2, 0) is 17.9 Å². The molecule has 0 aliphatic heterocycles. The number of aromatic nitrogens is 3. The molecule has 2 aromatic rings. The summed E-state index contributed by atoms with van der Waals surface area (Å²) in [6.45, 7) is 0.749. The van der Waals surface area contributed by atoms with E-state index in [4.69, 9.17) is 0 Å². The predicted octanol–water partition coefficient (Wildman–Crippen LogP) is 0.278. The molecule has 2 rings (SSSR count). The van der Waals surface area contributed by atoms with E-state index in [1.807, 2.05) is 0 Å². The van der Waals surface area contributed by atoms with Crippen molar-refractivity contribution in [3.63, 3.8) is 0 Å². The number of hydrogen-bond acceptors (Lipinski definition) is 3. The van der Waals surface area contributed by atoms with E-state index >= 15 is 0 Å². The van der Waals surface area contributed by atoms with Crippen LogP contribution in [0, 0.1) is 0 Å². The van der Waals surface area contributed by atoms with Gasteiger partial charge in [0.15, 0.2) is 0 Å². The number of nitrogens with one attached hydrogen (secondary N) is 2. The van der Waals surface area contributed by atoms with Gasteiger partial charge in [-0.2, -0.15) is 0 Å². The van der Waals surface area contributed by atoms with Crippen LogP contribution in [0.15, 0.2) is 41.6 Å². The second-order valence-electron chi connectivity index (χ2n) is 3.79. The summed E-state index contributed by atoms with van der Waals surface area (Å²) in [7, 11) is 0. The van der Waals surface area contributed by atoms with Crippen LogP contribution in [0.1, 0.15) is 12.2 Å². The second kappa shape index (κ2) is 5.81. The molecule has 2 aromatic heterocycles. The van der Waals surface area contributed by atoms with Gasteiger partial charge in [-0.05, 0) is 6.07 Å². The van der Waals surface area contributed by atoms with Crippen molar-refractivity contribution in [2.75, 3.05) is 0 Å². The molecular formula is C12H14N4O2. The van der Waals surface area contributed by atoms with Crippen LogP contribution in [0.3, 0.4) is 0 Å². The first-order chi connectivity index (χ1) is 8.75. The van der Waals surface area contributed by atoms with Crippen LogP contribution in [0.5, 0.6) is 0 Å². The smallest absolute Gasteiger partial charge is 0.250 e. The molecule has 0 bridgehead atoms. The predicted molar refractivity (Wildman–Crippen MR) is 65.8 cm³/mol. The molecule has 0 aliphatic carbocycles. The zero-order valence-electron chi connectivity index (χ0n) is 9.80. The Kier molecular flexibility index (Phi) is 3.90. The summed E-state index contributed by atoms with van der Waals surface area (Å²) in [5.41, 5.74) is -0.101. The second-order valence-corrected chi connectivity index (χ2v) is 3.79. The Morgan fingerprint density at radius 3 is 3.06 bits per heavy atom. The SMILES string of the molecule is O=C(CCn1ccccc1=O)NCc1ncc[nH]1. The van der Waals surface area contributed by atoms with Crippen molar-refractivity contribution in [3.8, 4) is 0 Å². The third kappa shape index (κ3) is 3.31. The van der Waals surface area contributed by atoms with Crippen LogP contribution in [0.4, 0.5) is 0 Å². The quantitative estimate of drug-likeness (QED) is 0.795. The first-order valence-corrected chi connectivity index (χ1v) is 5.66.